The third kappa shape index (κ3) is 4.35. The summed E-state index contributed by atoms with van der Waals surface area (Å²) >= 11 is 1.52. The van der Waals surface area contributed by atoms with E-state index in [1.165, 1.54) is 16.9 Å². The quantitative estimate of drug-likeness (QED) is 0.625. The monoisotopic (exact) mass is 454 g/mol. The van der Waals surface area contributed by atoms with Crippen LogP contribution in [0.1, 0.15) is 45.6 Å². The average Bonchev–Trinajstić information content (AvgIpc) is 3.33. The fourth-order valence-corrected chi connectivity index (χ4v) is 5.58. The third-order valence-corrected chi connectivity index (χ3v) is 7.40. The van der Waals surface area contributed by atoms with Crippen molar-refractivity contribution in [2.24, 2.45) is 0 Å². The predicted octanol–water partition coefficient (Wildman–Crippen LogP) is 2.81. The highest BCUT2D eigenvalue weighted by molar-refractivity contribution is 7.10. The van der Waals surface area contributed by atoms with E-state index in [0.717, 1.165) is 49.0 Å². The second kappa shape index (κ2) is 9.13. The van der Waals surface area contributed by atoms with Gasteiger partial charge in [-0.05, 0) is 24.1 Å². The van der Waals surface area contributed by atoms with Gasteiger partial charge in [0.05, 0.1) is 31.2 Å². The van der Waals surface area contributed by atoms with Gasteiger partial charge in [0.1, 0.15) is 18.1 Å². The molecule has 1 aromatic heterocycles. The van der Waals surface area contributed by atoms with Crippen LogP contribution in [0.5, 0.6) is 5.75 Å². The van der Waals surface area contributed by atoms with Crippen molar-refractivity contribution in [3.63, 3.8) is 0 Å². The molecule has 1 aromatic carbocycles. The molecule has 1 saturated carbocycles. The van der Waals surface area contributed by atoms with E-state index in [4.69, 9.17) is 9.47 Å². The molecule has 2 aliphatic heterocycles. The van der Waals surface area contributed by atoms with Crippen LogP contribution in [-0.2, 0) is 34.0 Å². The molecule has 0 bridgehead atoms. The highest BCUT2D eigenvalue weighted by Crippen LogP contribution is 2.35. The van der Waals surface area contributed by atoms with Crippen molar-refractivity contribution in [1.29, 1.82) is 0 Å². The van der Waals surface area contributed by atoms with E-state index in [1.54, 1.807) is 4.90 Å². The van der Waals surface area contributed by atoms with Gasteiger partial charge in [-0.3, -0.25) is 19.3 Å². The van der Waals surface area contributed by atoms with E-state index in [9.17, 15) is 14.4 Å². The number of fused-ring (bicyclic) bond motifs is 1. The van der Waals surface area contributed by atoms with Crippen LogP contribution < -0.4 is 4.74 Å². The average molecular weight is 455 g/mol. The Balaban J connectivity index is 1.23. The van der Waals surface area contributed by atoms with Gasteiger partial charge in [0.2, 0.25) is 0 Å². The molecule has 1 atom stereocenters. The van der Waals surface area contributed by atoms with Gasteiger partial charge in [-0.25, -0.2) is 0 Å². The number of Topliss-reactive ketones (excluding diaryl/α,β-unsaturated/α-hetero) is 2. The smallest absolute Gasteiger partial charge is 0.255 e. The lowest BCUT2D eigenvalue weighted by Gasteiger charge is -2.29. The van der Waals surface area contributed by atoms with Crippen molar-refractivity contribution in [2.75, 3.05) is 26.3 Å². The summed E-state index contributed by atoms with van der Waals surface area (Å²) in [5.41, 5.74) is 2.82. The third-order valence-electron chi connectivity index (χ3n) is 6.39. The molecule has 8 heteroatoms. The standard InChI is InChI=1S/C24H26N2O5S/c27-17-4-5-21(22(28)11-17)26-13-19-20(24(26)29)15-32-23(19)14-31-18-3-1-2-16(10-18)12-25-6-8-30-9-7-25/h1-3,10,15,21H,4-9,11-14H2/t21-/m0/s1. The van der Waals surface area contributed by atoms with Gasteiger partial charge in [0, 0.05) is 48.4 Å². The van der Waals surface area contributed by atoms with Crippen molar-refractivity contribution in [3.05, 3.63) is 51.2 Å². The maximum absolute atomic E-state index is 12.9. The molecule has 32 heavy (non-hydrogen) atoms. The van der Waals surface area contributed by atoms with Gasteiger partial charge in [-0.2, -0.15) is 0 Å². The lowest BCUT2D eigenvalue weighted by Crippen LogP contribution is -2.44. The Morgan fingerprint density at radius 1 is 1.16 bits per heavy atom. The number of carbonyl (C=O) groups excluding carboxylic acids is 3. The van der Waals surface area contributed by atoms with Gasteiger partial charge in [-0.15, -0.1) is 11.3 Å². The summed E-state index contributed by atoms with van der Waals surface area (Å²) in [6.45, 7) is 5.10. The summed E-state index contributed by atoms with van der Waals surface area (Å²) in [6.07, 6.45) is 0.737. The summed E-state index contributed by atoms with van der Waals surface area (Å²) < 4.78 is 11.5. The van der Waals surface area contributed by atoms with E-state index in [2.05, 4.69) is 17.0 Å². The zero-order valence-corrected chi connectivity index (χ0v) is 18.7. The Labute approximate surface area is 190 Å². The molecule has 5 rings (SSSR count). The Morgan fingerprint density at radius 2 is 2.00 bits per heavy atom. The van der Waals surface area contributed by atoms with Gasteiger partial charge in [0.25, 0.3) is 5.91 Å². The van der Waals surface area contributed by atoms with Crippen molar-refractivity contribution in [3.8, 4) is 5.75 Å². The number of hydrogen-bond acceptors (Lipinski definition) is 7. The first-order valence-electron chi connectivity index (χ1n) is 11.0. The van der Waals surface area contributed by atoms with Crippen LogP contribution in [0.4, 0.5) is 0 Å². The molecular weight excluding hydrogens is 428 g/mol. The normalized spacial score (nSPS) is 21.8. The zero-order valence-electron chi connectivity index (χ0n) is 17.9. The van der Waals surface area contributed by atoms with Crippen LogP contribution in [0.3, 0.4) is 0 Å². The molecule has 3 heterocycles. The molecule has 0 spiro atoms. The number of nitrogens with zero attached hydrogens (tertiary/aromatic N) is 2. The molecule has 1 saturated heterocycles. The fourth-order valence-electron chi connectivity index (χ4n) is 4.63. The second-order valence-electron chi connectivity index (χ2n) is 8.54. The first-order valence-corrected chi connectivity index (χ1v) is 11.9. The number of carbonyl (C=O) groups is 3. The molecule has 0 radical (unpaired) electrons. The van der Waals surface area contributed by atoms with Crippen molar-refractivity contribution in [1.82, 2.24) is 9.80 Å². The van der Waals surface area contributed by atoms with Gasteiger partial charge in [-0.1, -0.05) is 12.1 Å². The van der Waals surface area contributed by atoms with Crippen LogP contribution >= 0.6 is 11.3 Å². The molecular formula is C24H26N2O5S. The molecule has 7 nitrogen and oxygen atoms in total. The number of benzene rings is 1. The van der Waals surface area contributed by atoms with Crippen LogP contribution in [0.15, 0.2) is 29.6 Å². The maximum Gasteiger partial charge on any atom is 0.255 e. The van der Waals surface area contributed by atoms with Gasteiger partial charge >= 0.3 is 0 Å². The van der Waals surface area contributed by atoms with Gasteiger partial charge < -0.3 is 14.4 Å². The SMILES string of the molecule is O=C1CC[C@H](N2Cc3c(csc3COc3cccc(CN4CCOCC4)c3)C2=O)C(=O)C1. The lowest BCUT2D eigenvalue weighted by atomic mass is 9.92. The Hall–Kier alpha value is -2.55. The number of ether oxygens (including phenoxy) is 2. The molecule has 2 aromatic rings. The summed E-state index contributed by atoms with van der Waals surface area (Å²) in [5, 5.41) is 1.86. The molecule has 0 unspecified atom stereocenters. The van der Waals surface area contributed by atoms with E-state index >= 15 is 0 Å². The van der Waals surface area contributed by atoms with Gasteiger partial charge in [0.15, 0.2) is 5.78 Å². The minimum atomic E-state index is -0.483. The minimum absolute atomic E-state index is 0.0305. The van der Waals surface area contributed by atoms with Crippen LogP contribution in [0.25, 0.3) is 0 Å². The summed E-state index contributed by atoms with van der Waals surface area (Å²) in [5.74, 6) is 0.526. The summed E-state index contributed by atoms with van der Waals surface area (Å²) in [7, 11) is 0. The Kier molecular flexibility index (Phi) is 6.08. The number of hydrogen-bond donors (Lipinski definition) is 0. The molecule has 0 N–H and O–H groups in total. The Bertz CT molecular complexity index is 1040. The molecule has 168 valence electrons. The van der Waals surface area contributed by atoms with Crippen molar-refractivity contribution >= 4 is 28.8 Å². The van der Waals surface area contributed by atoms with Crippen LogP contribution in [0, 0.1) is 0 Å². The lowest BCUT2D eigenvalue weighted by molar-refractivity contribution is -0.133. The second-order valence-corrected chi connectivity index (χ2v) is 9.51. The van der Waals surface area contributed by atoms with E-state index in [1.807, 2.05) is 17.5 Å². The number of morpholine rings is 1. The molecule has 3 aliphatic rings. The van der Waals surface area contributed by atoms with Crippen LogP contribution in [-0.4, -0.2) is 59.6 Å². The predicted molar refractivity (Wildman–Crippen MR) is 119 cm³/mol. The fraction of sp³-hybridized carbons (Fsp3) is 0.458. The topological polar surface area (TPSA) is 76.2 Å². The van der Waals surface area contributed by atoms with Crippen molar-refractivity contribution in [2.45, 2.75) is 45.0 Å². The minimum Gasteiger partial charge on any atom is -0.488 e. The number of amides is 1. The zero-order chi connectivity index (χ0) is 22.1. The first-order chi connectivity index (χ1) is 15.6. The maximum atomic E-state index is 12.9. The van der Waals surface area contributed by atoms with Crippen LogP contribution in [0.2, 0.25) is 0 Å². The Morgan fingerprint density at radius 3 is 2.81 bits per heavy atom. The first kappa shape index (κ1) is 21.3. The van der Waals surface area contributed by atoms with E-state index < -0.39 is 6.04 Å². The number of ketones is 2. The van der Waals surface area contributed by atoms with Crippen molar-refractivity contribution < 1.29 is 23.9 Å². The summed E-state index contributed by atoms with van der Waals surface area (Å²) in [6, 6.07) is 7.64. The molecule has 1 aliphatic carbocycles. The largest absolute Gasteiger partial charge is 0.488 e. The molecule has 1 amide bonds. The number of thiophene rings is 1. The molecule has 2 fully saturated rings. The number of rotatable bonds is 6. The van der Waals surface area contributed by atoms with E-state index in [-0.39, 0.29) is 23.9 Å². The highest BCUT2D eigenvalue weighted by atomic mass is 32.1. The highest BCUT2D eigenvalue weighted by Gasteiger charge is 2.40. The summed E-state index contributed by atoms with van der Waals surface area (Å²) in [4.78, 5) is 41.8. The van der Waals surface area contributed by atoms with E-state index in [0.29, 0.717) is 31.6 Å².